The highest BCUT2D eigenvalue weighted by atomic mass is 19.1. The number of piperidine rings is 1. The molecule has 0 saturated carbocycles. The first-order valence-electron chi connectivity index (χ1n) is 14.0. The molecule has 0 spiro atoms. The Kier molecular flexibility index (Phi) is 8.22. The van der Waals surface area contributed by atoms with Crippen molar-refractivity contribution in [2.75, 3.05) is 69.3 Å². The van der Waals surface area contributed by atoms with Crippen molar-refractivity contribution in [1.82, 2.24) is 30.1 Å². The van der Waals surface area contributed by atoms with Crippen LogP contribution in [-0.2, 0) is 0 Å². The number of anilines is 3. The molecule has 2 fully saturated rings. The van der Waals surface area contributed by atoms with Gasteiger partial charge in [0.05, 0.1) is 28.9 Å². The van der Waals surface area contributed by atoms with Gasteiger partial charge in [0.2, 0.25) is 0 Å². The van der Waals surface area contributed by atoms with Crippen molar-refractivity contribution >= 4 is 28.9 Å². The van der Waals surface area contributed by atoms with Gasteiger partial charge in [-0.3, -0.25) is 9.59 Å². The Hall–Kier alpha value is -4.03. The van der Waals surface area contributed by atoms with Gasteiger partial charge in [-0.25, -0.2) is 9.07 Å². The monoisotopic (exact) mass is 563 g/mol. The molecule has 0 aliphatic carbocycles. The van der Waals surface area contributed by atoms with Crippen molar-refractivity contribution in [2.24, 2.45) is 0 Å². The van der Waals surface area contributed by atoms with E-state index in [2.05, 4.69) is 49.7 Å². The van der Waals surface area contributed by atoms with E-state index in [1.807, 2.05) is 18.2 Å². The summed E-state index contributed by atoms with van der Waals surface area (Å²) in [4.78, 5) is 33.1. The second-order valence-electron chi connectivity index (χ2n) is 11.1. The molecule has 2 amide bonds. The molecule has 3 aromatic rings. The number of benzene rings is 2. The zero-order chi connectivity index (χ0) is 29.3. The minimum atomic E-state index is -0.513. The van der Waals surface area contributed by atoms with Crippen molar-refractivity contribution in [3.05, 3.63) is 58.7 Å². The molecule has 0 unspecified atom stereocenters. The molecule has 5 rings (SSSR count). The van der Waals surface area contributed by atoms with Gasteiger partial charge in [0, 0.05) is 37.8 Å². The summed E-state index contributed by atoms with van der Waals surface area (Å²) in [7, 11) is 4.16. The fraction of sp³-hybridized carbons (Fsp3) is 0.448. The maximum absolute atomic E-state index is 14.3. The van der Waals surface area contributed by atoms with Crippen molar-refractivity contribution in [3.8, 4) is 5.69 Å². The van der Waals surface area contributed by atoms with Crippen LogP contribution in [0.1, 0.15) is 44.8 Å². The topological polar surface area (TPSA) is 125 Å². The Morgan fingerprint density at radius 2 is 1.63 bits per heavy atom. The lowest BCUT2D eigenvalue weighted by atomic mass is 10.0. The molecule has 2 aliphatic rings. The predicted molar refractivity (Wildman–Crippen MR) is 157 cm³/mol. The smallest absolute Gasteiger partial charge is 0.273 e. The highest BCUT2D eigenvalue weighted by Gasteiger charge is 2.23. The summed E-state index contributed by atoms with van der Waals surface area (Å²) in [6.45, 7) is 8.57. The van der Waals surface area contributed by atoms with Gasteiger partial charge in [-0.1, -0.05) is 5.21 Å². The van der Waals surface area contributed by atoms with Crippen LogP contribution in [0.3, 0.4) is 0 Å². The van der Waals surface area contributed by atoms with Crippen molar-refractivity contribution in [1.29, 1.82) is 0 Å². The number of nitrogens with two attached hydrogens (primary N) is 1. The molecule has 12 heteroatoms. The Labute approximate surface area is 239 Å². The molecule has 0 radical (unpaired) electrons. The van der Waals surface area contributed by atoms with Gasteiger partial charge in [-0.2, -0.15) is 0 Å². The number of nitrogens with zero attached hydrogens (tertiary/aromatic N) is 6. The Balaban J connectivity index is 1.42. The summed E-state index contributed by atoms with van der Waals surface area (Å²) in [5, 5.41) is 14.4. The van der Waals surface area contributed by atoms with Crippen LogP contribution < -0.4 is 21.3 Å². The van der Waals surface area contributed by atoms with E-state index in [1.165, 1.54) is 10.7 Å². The largest absolute Gasteiger partial charge is 0.396 e. The van der Waals surface area contributed by atoms with Crippen LogP contribution in [0.2, 0.25) is 0 Å². The Morgan fingerprint density at radius 3 is 2.34 bits per heavy atom. The first kappa shape index (κ1) is 28.5. The number of nitrogen functional groups attached to an aromatic ring is 1. The predicted octanol–water partition coefficient (Wildman–Crippen LogP) is 2.43. The molecule has 218 valence electrons. The Morgan fingerprint density at radius 1 is 0.951 bits per heavy atom. The molecular weight excluding hydrogens is 525 g/mol. The van der Waals surface area contributed by atoms with Crippen molar-refractivity contribution in [3.63, 3.8) is 0 Å². The Bertz CT molecular complexity index is 1440. The molecule has 2 aliphatic heterocycles. The molecule has 0 bridgehead atoms. The van der Waals surface area contributed by atoms with Gasteiger partial charge in [-0.15, -0.1) is 5.10 Å². The summed E-state index contributed by atoms with van der Waals surface area (Å²) in [6.07, 6.45) is 3.38. The quantitative estimate of drug-likeness (QED) is 0.391. The van der Waals surface area contributed by atoms with Crippen LogP contribution in [0.25, 0.3) is 5.69 Å². The third-order valence-corrected chi connectivity index (χ3v) is 8.21. The molecule has 41 heavy (non-hydrogen) atoms. The molecule has 2 saturated heterocycles. The van der Waals surface area contributed by atoms with E-state index in [0.717, 1.165) is 57.8 Å². The summed E-state index contributed by atoms with van der Waals surface area (Å²) in [5.41, 5.74) is 9.26. The molecule has 3 heterocycles. The van der Waals surface area contributed by atoms with Crippen LogP contribution in [0.15, 0.2) is 30.5 Å². The van der Waals surface area contributed by atoms with Crippen molar-refractivity contribution < 1.29 is 14.0 Å². The molecule has 2 aromatic carbocycles. The summed E-state index contributed by atoms with van der Waals surface area (Å²) >= 11 is 0. The number of carbonyl (C=O) groups excluding carboxylic acids is 2. The summed E-state index contributed by atoms with van der Waals surface area (Å²) in [6, 6.07) is 7.13. The normalized spacial score (nSPS) is 17.0. The average molecular weight is 564 g/mol. The van der Waals surface area contributed by atoms with Gasteiger partial charge in [0.1, 0.15) is 5.82 Å². The molecular formula is C29H38FN9O2. The number of likely N-dealkylation sites (tertiary alicyclic amines) is 1. The van der Waals surface area contributed by atoms with E-state index in [-0.39, 0.29) is 29.2 Å². The van der Waals surface area contributed by atoms with E-state index in [9.17, 15) is 14.0 Å². The number of piperazine rings is 1. The number of hydrogen-bond acceptors (Lipinski definition) is 8. The lowest BCUT2D eigenvalue weighted by Crippen LogP contribution is -2.44. The van der Waals surface area contributed by atoms with Crippen LogP contribution in [0.5, 0.6) is 0 Å². The summed E-state index contributed by atoms with van der Waals surface area (Å²) < 4.78 is 15.9. The third-order valence-electron chi connectivity index (χ3n) is 8.21. The van der Waals surface area contributed by atoms with E-state index >= 15 is 0 Å². The number of rotatable bonds is 6. The molecule has 0 atom stereocenters. The lowest BCUT2D eigenvalue weighted by Gasteiger charge is -2.35. The van der Waals surface area contributed by atoms with Crippen LogP contribution in [0.4, 0.5) is 21.5 Å². The van der Waals surface area contributed by atoms with Gasteiger partial charge in [0.25, 0.3) is 11.8 Å². The summed E-state index contributed by atoms with van der Waals surface area (Å²) in [5.74, 6) is -1.16. The molecule has 11 nitrogen and oxygen atoms in total. The number of aromatic nitrogens is 3. The van der Waals surface area contributed by atoms with Gasteiger partial charge < -0.3 is 31.1 Å². The number of halogens is 1. The SMILES string of the molecule is Cc1c(C(=O)Nc2cc(-n3cc(C(=O)NC4CCN(C)CC4)nn3)ccc2N2CCN(C)CC2)cc(N)c(F)c1C. The van der Waals surface area contributed by atoms with Crippen LogP contribution in [-0.4, -0.2) is 96.0 Å². The maximum Gasteiger partial charge on any atom is 0.273 e. The highest BCUT2D eigenvalue weighted by molar-refractivity contribution is 6.07. The molecule has 4 N–H and O–H groups in total. The fourth-order valence-corrected chi connectivity index (χ4v) is 5.33. The van der Waals surface area contributed by atoms with E-state index in [0.29, 0.717) is 28.1 Å². The molecule has 1 aromatic heterocycles. The van der Waals surface area contributed by atoms with Crippen LogP contribution in [0, 0.1) is 19.7 Å². The maximum atomic E-state index is 14.3. The number of carbonyl (C=O) groups is 2. The minimum Gasteiger partial charge on any atom is -0.396 e. The third kappa shape index (κ3) is 6.18. The van der Waals surface area contributed by atoms with Crippen molar-refractivity contribution in [2.45, 2.75) is 32.7 Å². The zero-order valence-corrected chi connectivity index (χ0v) is 24.1. The fourth-order valence-electron chi connectivity index (χ4n) is 5.33. The lowest BCUT2D eigenvalue weighted by molar-refractivity contribution is 0.0911. The first-order valence-corrected chi connectivity index (χ1v) is 14.0. The number of amides is 2. The number of hydrogen-bond donors (Lipinski definition) is 3. The number of likely N-dealkylation sites (N-methyl/N-ethyl adjacent to an activating group) is 1. The van der Waals surface area contributed by atoms with E-state index in [4.69, 9.17) is 5.73 Å². The second-order valence-corrected chi connectivity index (χ2v) is 11.1. The number of nitrogens with one attached hydrogen (secondary N) is 2. The van der Waals surface area contributed by atoms with E-state index < -0.39 is 5.82 Å². The second kappa shape index (κ2) is 11.8. The van der Waals surface area contributed by atoms with Gasteiger partial charge >= 0.3 is 0 Å². The van der Waals surface area contributed by atoms with Gasteiger partial charge in [-0.05, 0) is 89.3 Å². The van der Waals surface area contributed by atoms with Crippen LogP contribution >= 0.6 is 0 Å². The first-order chi connectivity index (χ1) is 19.6. The average Bonchev–Trinajstić information content (AvgIpc) is 3.46. The van der Waals surface area contributed by atoms with Gasteiger partial charge in [0.15, 0.2) is 5.69 Å². The van der Waals surface area contributed by atoms with E-state index in [1.54, 1.807) is 20.0 Å². The minimum absolute atomic E-state index is 0.0695. The standard InChI is InChI=1S/C29H38FN9O2/c1-18-19(2)27(30)23(31)16-22(18)28(40)33-24-15-21(5-6-26(24)38-13-11-37(4)12-14-38)39-17-25(34-35-39)29(41)32-20-7-9-36(3)10-8-20/h5-6,15-17,20H,7-14,31H2,1-4H3,(H,32,41)(H,33,40). The highest BCUT2D eigenvalue weighted by Crippen LogP contribution is 2.31. The zero-order valence-electron chi connectivity index (χ0n) is 24.1.